The monoisotopic (exact) mass is 1580 g/mol. The van der Waals surface area contributed by atoms with E-state index in [9.17, 15) is 58.5 Å². The van der Waals surface area contributed by atoms with E-state index in [-0.39, 0.29) is 89.2 Å². The summed E-state index contributed by atoms with van der Waals surface area (Å²) in [5, 5.41) is 62.5. The number of aromatic amines is 1. The summed E-state index contributed by atoms with van der Waals surface area (Å²) in [4.78, 5) is 188. The average Bonchev–Trinajstić information content (AvgIpc) is 1.62. The van der Waals surface area contributed by atoms with Crippen LogP contribution in [0.1, 0.15) is 182 Å². The van der Waals surface area contributed by atoms with Gasteiger partial charge in [-0.1, -0.05) is 158 Å². The van der Waals surface area contributed by atoms with Gasteiger partial charge in [-0.25, -0.2) is 0 Å². The van der Waals surface area contributed by atoms with Gasteiger partial charge in [0.1, 0.15) is 65.2 Å². The standard InChI is InChI=1S/C84H117N13O16.CH4/c1-50(2)42-59-36-39-70(102)64(47-60-48-86-63-33-25-24-32-62(60)63)90-76(107)67(46-58-34-37-61(101)38-35-58)92-74(105)53(6)88-81(112)83(9,97-79(110)68(45-57-30-22-19-23-31-57)93-80(111)71(54(7)99)95-77(108)66(43-51(3)4)89-55(8)100)40-26-16-14-12-11-13-15-17-27-41-84(10,96-75(59)106)82(113)94-69(49-98)78(109)87-52(5)73(104)91-65(72(85)103)44-56-28-20-18-21-29-56;/h13,15,18-25,28-35,37-38,48,50-54,59,64-69,71,86,98-99,101H,11-12,14,16-17,26-27,36,39-47,49H2,1-10H3,(H2,85,103)(H,87,109)(H,88,112)(H,89,100)(H,90,107)(H,91,104)(H,92,105)(H,93,111)(H,94,113)(H,95,108)(H,96,106)(H,97,110);1H4/t52-,53?,54+,59-,64-,65?,66-,67-,68-,69?,71-,83+,84-;/m0./s1. The summed E-state index contributed by atoms with van der Waals surface area (Å²) in [6.45, 7) is 14.7. The van der Waals surface area contributed by atoms with E-state index in [2.05, 4.69) is 63.5 Å². The number of para-hydroxylation sites is 1. The molecule has 1 aromatic heterocycles. The number of aliphatic hydroxyl groups is 2. The minimum absolute atomic E-state index is 0. The molecule has 29 heteroatoms. The lowest BCUT2D eigenvalue weighted by atomic mass is 9.87. The third kappa shape index (κ3) is 29.9. The fourth-order valence-corrected chi connectivity index (χ4v) is 13.5. The van der Waals surface area contributed by atoms with Crippen molar-refractivity contribution in [3.05, 3.63) is 150 Å². The first-order valence-electron chi connectivity index (χ1n) is 39.1. The van der Waals surface area contributed by atoms with Crippen molar-refractivity contribution in [1.82, 2.24) is 63.5 Å². The van der Waals surface area contributed by atoms with Gasteiger partial charge in [0.15, 0.2) is 5.78 Å². The van der Waals surface area contributed by atoms with Crippen LogP contribution in [0.25, 0.3) is 10.9 Å². The molecule has 622 valence electrons. The number of nitrogens with two attached hydrogens (primary N) is 1. The van der Waals surface area contributed by atoms with E-state index in [4.69, 9.17) is 5.73 Å². The highest BCUT2D eigenvalue weighted by atomic mass is 16.3. The maximum Gasteiger partial charge on any atom is 0.246 e. The number of H-pyrrole nitrogens is 1. The summed E-state index contributed by atoms with van der Waals surface area (Å²) in [7, 11) is 0. The van der Waals surface area contributed by atoms with Crippen LogP contribution in [0.2, 0.25) is 0 Å². The predicted octanol–water partition coefficient (Wildman–Crippen LogP) is 4.95. The Labute approximate surface area is 668 Å². The normalized spacial score (nSPS) is 21.3. The number of aromatic nitrogens is 1. The smallest absolute Gasteiger partial charge is 0.246 e. The topological polar surface area (TPSA) is 457 Å². The van der Waals surface area contributed by atoms with Gasteiger partial charge in [0, 0.05) is 62.0 Å². The number of allylic oxidation sites excluding steroid dienone is 2. The first kappa shape index (κ1) is 93.8. The lowest BCUT2D eigenvalue weighted by Crippen LogP contribution is -2.64. The van der Waals surface area contributed by atoms with Crippen molar-refractivity contribution in [3.63, 3.8) is 0 Å². The number of rotatable bonds is 28. The molecule has 114 heavy (non-hydrogen) atoms. The summed E-state index contributed by atoms with van der Waals surface area (Å²) in [6, 6.07) is 18.3. The number of aromatic hydroxyl groups is 1. The largest absolute Gasteiger partial charge is 0.508 e. The number of phenols is 1. The Balaban J connectivity index is 0.0000232. The number of amides is 12. The fourth-order valence-electron chi connectivity index (χ4n) is 13.5. The van der Waals surface area contributed by atoms with Gasteiger partial charge in [-0.15, -0.1) is 0 Å². The van der Waals surface area contributed by atoms with E-state index < -0.39 is 161 Å². The molecule has 0 spiro atoms. The molecule has 13 atom stereocenters. The number of Topliss-reactive ketones (excluding diaryl/α,β-unsaturated/α-hetero) is 1. The van der Waals surface area contributed by atoms with Crippen LogP contribution in [-0.2, 0) is 88.0 Å². The van der Waals surface area contributed by atoms with Crippen LogP contribution in [0.3, 0.4) is 0 Å². The molecule has 3 unspecified atom stereocenters. The number of primary amides is 1. The van der Waals surface area contributed by atoms with Gasteiger partial charge in [-0.2, -0.15) is 0 Å². The van der Waals surface area contributed by atoms with Crippen molar-refractivity contribution in [3.8, 4) is 5.75 Å². The molecular formula is C85H121N13O16. The van der Waals surface area contributed by atoms with E-state index >= 15 is 19.2 Å². The van der Waals surface area contributed by atoms with Crippen LogP contribution < -0.4 is 64.2 Å². The van der Waals surface area contributed by atoms with E-state index in [1.54, 1.807) is 79.0 Å². The van der Waals surface area contributed by atoms with Gasteiger partial charge in [0.2, 0.25) is 70.9 Å². The number of carbonyl (C=O) groups is 13. The Hall–Kier alpha value is -10.8. The Morgan fingerprint density at radius 1 is 0.579 bits per heavy atom. The van der Waals surface area contributed by atoms with Crippen molar-refractivity contribution >= 4 is 87.6 Å². The molecule has 0 aliphatic carbocycles. The Morgan fingerprint density at radius 2 is 1.17 bits per heavy atom. The highest BCUT2D eigenvalue weighted by Gasteiger charge is 2.42. The lowest BCUT2D eigenvalue weighted by Gasteiger charge is -2.33. The van der Waals surface area contributed by atoms with Gasteiger partial charge >= 0.3 is 0 Å². The number of fused-ring (bicyclic) bond motifs is 1. The SMILES string of the molecule is C.CC(=O)N[C@@H](CC(C)C)C(=O)N[C@H](C(=O)N[C@@H](Cc1ccccc1)C(=O)N[C@]1(C)CCCCCCC=CCCC[C@@](C)(C(=O)NC(CO)C(=O)N[C@@H](C)C(=O)NC(Cc2ccccc2)C(N)=O)NC(=O)[C@H](CC(C)C)CCC(=O)[C@H](Cc2c[nH]c3ccccc23)NC(=O)[C@H](Cc2ccc(O)cc2)NC(=O)C(C)NC1=O)[C@@H](C)O. The maximum absolute atomic E-state index is 15.2. The summed E-state index contributed by atoms with van der Waals surface area (Å²) < 4.78 is 0. The molecule has 17 N–H and O–H groups in total. The van der Waals surface area contributed by atoms with Crippen molar-refractivity contribution in [2.75, 3.05) is 6.61 Å². The zero-order valence-electron chi connectivity index (χ0n) is 66.6. The van der Waals surface area contributed by atoms with Crippen LogP contribution in [0, 0.1) is 17.8 Å². The molecular weight excluding hydrogens is 1460 g/mol. The summed E-state index contributed by atoms with van der Waals surface area (Å²) in [5.41, 5.74) is 5.20. The van der Waals surface area contributed by atoms with Crippen LogP contribution in [0.5, 0.6) is 5.75 Å². The number of carbonyl (C=O) groups excluding carboxylic acids is 13. The maximum atomic E-state index is 15.2. The number of aliphatic hydroxyl groups excluding tert-OH is 2. The number of ketones is 1. The number of phenolic OH excluding ortho intramolecular Hbond substituents is 1. The second-order valence-corrected chi connectivity index (χ2v) is 31.0. The number of benzene rings is 4. The fraction of sp³-hybridized carbons (Fsp3) is 0.518. The summed E-state index contributed by atoms with van der Waals surface area (Å²) in [5.74, 6) is -11.3. The molecule has 4 aromatic carbocycles. The van der Waals surface area contributed by atoms with Gasteiger partial charge in [-0.3, -0.25) is 62.3 Å². The average molecular weight is 1580 g/mol. The van der Waals surface area contributed by atoms with Crippen LogP contribution >= 0.6 is 0 Å². The molecule has 0 saturated carbocycles. The Bertz CT molecular complexity index is 4080. The summed E-state index contributed by atoms with van der Waals surface area (Å²) >= 11 is 0. The summed E-state index contributed by atoms with van der Waals surface area (Å²) in [6.07, 6.45) is 7.29. The molecule has 29 nitrogen and oxygen atoms in total. The second-order valence-electron chi connectivity index (χ2n) is 31.0. The number of hydrogen-bond acceptors (Lipinski definition) is 16. The third-order valence-electron chi connectivity index (χ3n) is 20.1. The predicted molar refractivity (Wildman–Crippen MR) is 434 cm³/mol. The third-order valence-corrected chi connectivity index (χ3v) is 20.1. The molecule has 0 bridgehead atoms. The molecule has 6 rings (SSSR count). The minimum atomic E-state index is -1.82. The number of hydrogen-bond donors (Lipinski definition) is 16. The van der Waals surface area contributed by atoms with Gasteiger partial charge in [0.05, 0.1) is 18.8 Å². The van der Waals surface area contributed by atoms with Crippen molar-refractivity contribution in [2.24, 2.45) is 23.5 Å². The quantitative estimate of drug-likeness (QED) is 0.0295. The zero-order valence-corrected chi connectivity index (χ0v) is 66.6. The van der Waals surface area contributed by atoms with E-state index in [1.807, 2.05) is 64.1 Å². The zero-order chi connectivity index (χ0) is 83.1. The van der Waals surface area contributed by atoms with E-state index in [1.165, 1.54) is 53.7 Å². The minimum Gasteiger partial charge on any atom is -0.508 e. The highest BCUT2D eigenvalue weighted by Crippen LogP contribution is 2.26. The van der Waals surface area contributed by atoms with Crippen molar-refractivity contribution in [2.45, 2.75) is 257 Å². The Morgan fingerprint density at radius 3 is 1.77 bits per heavy atom. The highest BCUT2D eigenvalue weighted by molar-refractivity contribution is 6.01. The molecule has 0 fully saturated rings. The van der Waals surface area contributed by atoms with E-state index in [0.717, 1.165) is 10.9 Å². The molecule has 1 aliphatic heterocycles. The molecule has 0 radical (unpaired) electrons. The van der Waals surface area contributed by atoms with Crippen LogP contribution in [-0.4, -0.2) is 175 Å². The van der Waals surface area contributed by atoms with E-state index in [0.29, 0.717) is 67.2 Å². The molecule has 12 amide bonds. The first-order valence-corrected chi connectivity index (χ1v) is 39.1. The van der Waals surface area contributed by atoms with Crippen molar-refractivity contribution < 1.29 is 77.6 Å². The molecule has 0 saturated heterocycles. The van der Waals surface area contributed by atoms with Crippen LogP contribution in [0.15, 0.2) is 128 Å². The van der Waals surface area contributed by atoms with Gasteiger partial charge in [-0.05, 0) is 145 Å². The first-order chi connectivity index (χ1) is 53.6. The number of nitrogens with one attached hydrogen (secondary N) is 12. The Kier molecular flexibility index (Phi) is 37.7. The second kappa shape index (κ2) is 45.8. The van der Waals surface area contributed by atoms with Crippen LogP contribution in [0.4, 0.5) is 0 Å². The lowest BCUT2D eigenvalue weighted by molar-refractivity contribution is -0.138. The van der Waals surface area contributed by atoms with Crippen molar-refractivity contribution in [1.29, 1.82) is 0 Å². The van der Waals surface area contributed by atoms with Gasteiger partial charge < -0.3 is 84.5 Å². The molecule has 1 aliphatic rings. The molecule has 5 aromatic rings. The molecule has 2 heterocycles. The van der Waals surface area contributed by atoms with Gasteiger partial charge in [0.25, 0.3) is 0 Å².